The molecule has 7 nitrogen and oxygen atoms in total. The number of amides is 1. The third kappa shape index (κ3) is 5.26. The number of carbonyl (C=O) groups excluding carboxylic acids is 1. The fourth-order valence-electron chi connectivity index (χ4n) is 4.66. The van der Waals surface area contributed by atoms with Crippen molar-refractivity contribution >= 4 is 34.5 Å². The number of nitrogens with zero attached hydrogens (tertiary/aromatic N) is 4. The summed E-state index contributed by atoms with van der Waals surface area (Å²) < 4.78 is 1.69. The number of nitrogens with one attached hydrogen (secondary N) is 1. The first-order valence-corrected chi connectivity index (χ1v) is 12.5. The number of halogens is 1. The molecule has 1 aliphatic heterocycles. The molecule has 1 fully saturated rings. The average Bonchev–Trinajstić information content (AvgIpc) is 2.90. The molecule has 1 aliphatic rings. The Balaban J connectivity index is 1.39. The fraction of sp³-hybridized carbons (Fsp3) is 0.286. The Kier molecular flexibility index (Phi) is 7.00. The Morgan fingerprint density at radius 1 is 1.11 bits per heavy atom. The molecular weight excluding hydrogens is 474 g/mol. The first kappa shape index (κ1) is 24.0. The van der Waals surface area contributed by atoms with Gasteiger partial charge < -0.3 is 10.2 Å². The predicted molar refractivity (Wildman–Crippen MR) is 142 cm³/mol. The number of anilines is 1. The van der Waals surface area contributed by atoms with Crippen molar-refractivity contribution in [3.63, 3.8) is 0 Å². The van der Waals surface area contributed by atoms with Crippen LogP contribution in [0.1, 0.15) is 29.5 Å². The van der Waals surface area contributed by atoms with E-state index in [4.69, 9.17) is 16.6 Å². The van der Waals surface area contributed by atoms with Crippen LogP contribution >= 0.6 is 11.6 Å². The summed E-state index contributed by atoms with van der Waals surface area (Å²) in [6.45, 7) is 3.98. The largest absolute Gasteiger partial charge is 0.352 e. The van der Waals surface area contributed by atoms with E-state index in [9.17, 15) is 9.59 Å². The average molecular weight is 502 g/mol. The Labute approximate surface area is 214 Å². The summed E-state index contributed by atoms with van der Waals surface area (Å²) in [7, 11) is 0. The van der Waals surface area contributed by atoms with Crippen LogP contribution in [-0.4, -0.2) is 33.5 Å². The van der Waals surface area contributed by atoms with Gasteiger partial charge in [0.2, 0.25) is 5.91 Å². The van der Waals surface area contributed by atoms with Gasteiger partial charge in [-0.3, -0.25) is 14.2 Å². The van der Waals surface area contributed by atoms with E-state index >= 15 is 0 Å². The van der Waals surface area contributed by atoms with Crippen LogP contribution in [0.5, 0.6) is 0 Å². The van der Waals surface area contributed by atoms with E-state index in [0.717, 1.165) is 29.5 Å². The first-order chi connectivity index (χ1) is 17.5. The molecule has 1 amide bonds. The van der Waals surface area contributed by atoms with Crippen LogP contribution < -0.4 is 15.8 Å². The minimum atomic E-state index is -0.228. The molecule has 1 N–H and O–H groups in total. The monoisotopic (exact) mass is 501 g/mol. The number of hydrogen-bond donors (Lipinski definition) is 1. The third-order valence-electron chi connectivity index (χ3n) is 6.59. The van der Waals surface area contributed by atoms with Crippen molar-refractivity contribution in [1.82, 2.24) is 19.9 Å². The minimum absolute atomic E-state index is 0.0258. The van der Waals surface area contributed by atoms with E-state index in [1.54, 1.807) is 10.8 Å². The Hall–Kier alpha value is -3.71. The van der Waals surface area contributed by atoms with E-state index < -0.39 is 0 Å². The third-order valence-corrected chi connectivity index (χ3v) is 6.83. The van der Waals surface area contributed by atoms with Crippen LogP contribution in [0.25, 0.3) is 11.2 Å². The Morgan fingerprint density at radius 3 is 2.75 bits per heavy atom. The molecule has 0 spiro atoms. The molecule has 2 aromatic heterocycles. The maximum absolute atomic E-state index is 13.7. The lowest BCUT2D eigenvalue weighted by molar-refractivity contribution is -0.125. The number of hydrogen-bond acceptors (Lipinski definition) is 5. The van der Waals surface area contributed by atoms with Crippen molar-refractivity contribution in [3.8, 4) is 0 Å². The maximum atomic E-state index is 13.7. The van der Waals surface area contributed by atoms with Crippen LogP contribution in [0.3, 0.4) is 0 Å². The number of aromatic nitrogens is 3. The molecule has 36 heavy (non-hydrogen) atoms. The van der Waals surface area contributed by atoms with Crippen molar-refractivity contribution in [3.05, 3.63) is 98.9 Å². The zero-order chi connectivity index (χ0) is 25.1. The number of benzene rings is 2. The van der Waals surface area contributed by atoms with Crippen LogP contribution in [0.4, 0.5) is 5.82 Å². The normalized spacial score (nSPS) is 15.7. The summed E-state index contributed by atoms with van der Waals surface area (Å²) >= 11 is 6.06. The lowest BCUT2D eigenvalue weighted by Crippen LogP contribution is -2.45. The highest BCUT2D eigenvalue weighted by Crippen LogP contribution is 2.22. The highest BCUT2D eigenvalue weighted by molar-refractivity contribution is 6.30. The van der Waals surface area contributed by atoms with E-state index in [0.29, 0.717) is 48.2 Å². The molecule has 5 rings (SSSR count). The smallest absolute Gasteiger partial charge is 0.295 e. The standard InChI is InChI=1S/C28H28ClN5O2/c1-19-9-11-20(12-10-19)17-34-25-24(8-3-13-30-25)32-26(28(34)36)33-14-4-6-22(18-33)27(35)31-16-21-5-2-7-23(29)15-21/h2-3,5,7-13,15,22H,4,6,14,16-18H2,1H3,(H,31,35)/t22-/m0/s1. The first-order valence-electron chi connectivity index (χ1n) is 12.2. The van der Waals surface area contributed by atoms with Crippen molar-refractivity contribution in [1.29, 1.82) is 0 Å². The van der Waals surface area contributed by atoms with Crippen molar-refractivity contribution in [2.75, 3.05) is 18.0 Å². The quantitative estimate of drug-likeness (QED) is 0.425. The van der Waals surface area contributed by atoms with Gasteiger partial charge in [-0.1, -0.05) is 53.6 Å². The van der Waals surface area contributed by atoms with E-state index in [2.05, 4.69) is 10.3 Å². The zero-order valence-electron chi connectivity index (χ0n) is 20.2. The molecule has 0 saturated carbocycles. The molecule has 0 radical (unpaired) electrons. The number of rotatable bonds is 6. The summed E-state index contributed by atoms with van der Waals surface area (Å²) in [5.41, 5.74) is 4.15. The van der Waals surface area contributed by atoms with Crippen LogP contribution in [0.2, 0.25) is 5.02 Å². The molecule has 0 bridgehead atoms. The van der Waals surface area contributed by atoms with Crippen molar-refractivity contribution < 1.29 is 4.79 Å². The van der Waals surface area contributed by atoms with Gasteiger partial charge in [-0.2, -0.15) is 0 Å². The van der Waals surface area contributed by atoms with Crippen molar-refractivity contribution in [2.45, 2.75) is 32.9 Å². The molecule has 2 aromatic carbocycles. The van der Waals surface area contributed by atoms with Gasteiger partial charge in [0.05, 0.1) is 12.5 Å². The van der Waals surface area contributed by atoms with Crippen LogP contribution in [0, 0.1) is 12.8 Å². The molecule has 1 saturated heterocycles. The Bertz CT molecular complexity index is 1450. The van der Waals surface area contributed by atoms with Gasteiger partial charge in [0.15, 0.2) is 11.5 Å². The molecule has 184 valence electrons. The molecular formula is C28H28ClN5O2. The predicted octanol–water partition coefficient (Wildman–Crippen LogP) is 4.33. The van der Waals surface area contributed by atoms with Gasteiger partial charge in [0, 0.05) is 30.9 Å². The maximum Gasteiger partial charge on any atom is 0.295 e. The van der Waals surface area contributed by atoms with Gasteiger partial charge in [0.1, 0.15) is 5.52 Å². The second-order valence-corrected chi connectivity index (χ2v) is 9.73. The molecule has 1 atom stereocenters. The van der Waals surface area contributed by atoms with Gasteiger partial charge >= 0.3 is 0 Å². The lowest BCUT2D eigenvalue weighted by Gasteiger charge is -2.32. The number of aryl methyl sites for hydroxylation is 1. The van der Waals surface area contributed by atoms with Crippen LogP contribution in [-0.2, 0) is 17.9 Å². The van der Waals surface area contributed by atoms with Gasteiger partial charge in [-0.25, -0.2) is 9.97 Å². The summed E-state index contributed by atoms with van der Waals surface area (Å²) in [6.07, 6.45) is 3.25. The zero-order valence-corrected chi connectivity index (χ0v) is 20.9. The SMILES string of the molecule is Cc1ccc(Cn2c(=O)c(N3CCC[C@H](C(=O)NCc4cccc(Cl)c4)C3)nc3cccnc32)cc1. The number of piperidine rings is 1. The summed E-state index contributed by atoms with van der Waals surface area (Å²) in [6, 6.07) is 19.3. The second kappa shape index (κ2) is 10.5. The minimum Gasteiger partial charge on any atom is -0.352 e. The molecule has 8 heteroatoms. The number of carbonyl (C=O) groups is 1. The number of pyridine rings is 1. The second-order valence-electron chi connectivity index (χ2n) is 9.29. The van der Waals surface area contributed by atoms with Crippen molar-refractivity contribution in [2.24, 2.45) is 5.92 Å². The molecule has 0 aliphatic carbocycles. The van der Waals surface area contributed by atoms with Crippen LogP contribution in [0.15, 0.2) is 71.7 Å². The van der Waals surface area contributed by atoms with E-state index in [1.807, 2.05) is 72.5 Å². The van der Waals surface area contributed by atoms with E-state index in [1.165, 1.54) is 0 Å². The highest BCUT2D eigenvalue weighted by Gasteiger charge is 2.28. The van der Waals surface area contributed by atoms with Gasteiger partial charge in [-0.15, -0.1) is 0 Å². The molecule has 0 unspecified atom stereocenters. The summed E-state index contributed by atoms with van der Waals surface area (Å²) in [4.78, 5) is 37.8. The summed E-state index contributed by atoms with van der Waals surface area (Å²) in [5.74, 6) is 0.117. The topological polar surface area (TPSA) is 80.1 Å². The molecule has 4 aromatic rings. The summed E-state index contributed by atoms with van der Waals surface area (Å²) in [5, 5.41) is 3.67. The highest BCUT2D eigenvalue weighted by atomic mass is 35.5. The van der Waals surface area contributed by atoms with Gasteiger partial charge in [-0.05, 0) is 55.2 Å². The van der Waals surface area contributed by atoms with E-state index in [-0.39, 0.29) is 17.4 Å². The Morgan fingerprint density at radius 2 is 1.94 bits per heavy atom. The lowest BCUT2D eigenvalue weighted by atomic mass is 9.97. The number of fused-ring (bicyclic) bond motifs is 1. The molecule has 3 heterocycles. The van der Waals surface area contributed by atoms with Gasteiger partial charge in [0.25, 0.3) is 5.56 Å². The fourth-order valence-corrected chi connectivity index (χ4v) is 4.87.